The van der Waals surface area contributed by atoms with Crippen molar-refractivity contribution >= 4 is 71.6 Å². The molecular weight excluding hydrogens is 741 g/mol. The summed E-state index contributed by atoms with van der Waals surface area (Å²) in [4.78, 5) is 1.01. The van der Waals surface area contributed by atoms with E-state index in [9.17, 15) is 11.0 Å². The molecule has 0 aliphatic carbocycles. The highest BCUT2D eigenvalue weighted by molar-refractivity contribution is 6.18. The first-order chi connectivity index (χ1) is 38.6. The molecule has 0 bridgehead atoms. The van der Waals surface area contributed by atoms with Gasteiger partial charge in [-0.2, -0.15) is 0 Å². The summed E-state index contributed by atoms with van der Waals surface area (Å²) in [5.41, 5.74) is 0.219. The topological polar surface area (TPSA) is 21.3 Å². The van der Waals surface area contributed by atoms with Crippen molar-refractivity contribution in [2.45, 2.75) is 0 Å². The summed E-state index contributed by atoms with van der Waals surface area (Å²) in [5.74, 6) is 0. The number of anilines is 3. The summed E-state index contributed by atoms with van der Waals surface area (Å²) >= 11 is 0. The Kier molecular flexibility index (Phi) is 4.74. The lowest BCUT2D eigenvalue weighted by Crippen LogP contribution is -2.10. The molecule has 0 amide bonds. The van der Waals surface area contributed by atoms with Gasteiger partial charge in [-0.15, -0.1) is 0 Å². The van der Waals surface area contributed by atoms with Crippen molar-refractivity contribution in [1.82, 2.24) is 4.57 Å². The maximum atomic E-state index is 9.92. The van der Waals surface area contributed by atoms with Gasteiger partial charge in [0.1, 0.15) is 11.2 Å². The Hall–Kier alpha value is -8.14. The van der Waals surface area contributed by atoms with E-state index >= 15 is 0 Å². The maximum absolute atomic E-state index is 9.92. The third-order valence-electron chi connectivity index (χ3n) is 10.7. The molecule has 0 saturated heterocycles. The predicted molar refractivity (Wildman–Crippen MR) is 257 cm³/mol. The fraction of sp³-hybridized carbons (Fsp3) is 0. The van der Waals surface area contributed by atoms with Crippen LogP contribution < -0.4 is 4.90 Å². The van der Waals surface area contributed by atoms with Crippen LogP contribution in [0.2, 0.25) is 0 Å². The number of fused-ring (bicyclic) bond motifs is 7. The molecule has 0 radical (unpaired) electrons. The van der Waals surface area contributed by atoms with Gasteiger partial charge in [-0.3, -0.25) is 0 Å². The van der Waals surface area contributed by atoms with Crippen LogP contribution >= 0.6 is 0 Å². The van der Waals surface area contributed by atoms with Gasteiger partial charge < -0.3 is 13.9 Å². The molecule has 3 nitrogen and oxygen atoms in total. The molecule has 0 fully saturated rings. The first-order valence-electron chi connectivity index (χ1n) is 29.2. The van der Waals surface area contributed by atoms with Crippen molar-refractivity contribution in [2.75, 3.05) is 4.90 Å². The summed E-state index contributed by atoms with van der Waals surface area (Å²) < 4.78 is 191. The Morgan fingerprint density at radius 1 is 0.410 bits per heavy atom. The minimum Gasteiger partial charge on any atom is -0.455 e. The molecule has 61 heavy (non-hydrogen) atoms. The van der Waals surface area contributed by atoms with Crippen molar-refractivity contribution in [3.63, 3.8) is 0 Å². The van der Waals surface area contributed by atoms with E-state index in [0.29, 0.717) is 22.1 Å². The minimum absolute atomic E-state index is 0.0642. The molecule has 0 aliphatic rings. The normalized spacial score (nSPS) is 16.2. The Morgan fingerprint density at radius 2 is 1.00 bits per heavy atom. The SMILES string of the molecule is [2H]c1c([2H])c([2H])c(-c2c([2H])c([2H])c(N(c3c([2H])c([2H])c(-c4c([2H])c([2H])c([2H])c5c([2H])c([2H])c([2H])c([2H])c45)c([2H])c3[2H])c3ccc(-c4ccccc4-n4c5ccccc5c5ccccc54)c4oc5ccccc5c34)c([2H])c2[2H])c([2H])c1[2H]. The lowest BCUT2D eigenvalue weighted by atomic mass is 9.97. The Morgan fingerprint density at radius 3 is 1.75 bits per heavy atom. The van der Waals surface area contributed by atoms with Crippen molar-refractivity contribution in [3.8, 4) is 39.1 Å². The van der Waals surface area contributed by atoms with E-state index < -0.39 is 165 Å². The van der Waals surface area contributed by atoms with Crippen molar-refractivity contribution < 1.29 is 31.8 Å². The van der Waals surface area contributed by atoms with Gasteiger partial charge in [0, 0.05) is 38.7 Å². The Bertz CT molecular complexity index is 4650. The number of furan rings is 1. The van der Waals surface area contributed by atoms with Crippen LogP contribution in [0.3, 0.4) is 0 Å². The van der Waals surface area contributed by atoms with Crippen LogP contribution in [0.15, 0.2) is 234 Å². The summed E-state index contributed by atoms with van der Waals surface area (Å²) in [6.45, 7) is 0. The molecule has 0 N–H and O–H groups in total. The fourth-order valence-electron chi connectivity index (χ4n) is 8.10. The van der Waals surface area contributed by atoms with E-state index in [-0.39, 0.29) is 16.7 Å². The number of hydrogen-bond donors (Lipinski definition) is 0. The first kappa shape index (κ1) is 20.2. The molecule has 12 aromatic rings. The second-order valence-electron chi connectivity index (χ2n) is 14.1. The van der Waals surface area contributed by atoms with Gasteiger partial charge in [0.25, 0.3) is 0 Å². The minimum atomic E-state index is -0.925. The predicted octanol–water partition coefficient (Wildman–Crippen LogP) is 16.3. The molecule has 12 rings (SSSR count). The van der Waals surface area contributed by atoms with Gasteiger partial charge in [0.2, 0.25) is 0 Å². The molecule has 0 unspecified atom stereocenters. The zero-order chi connectivity index (χ0) is 57.7. The van der Waals surface area contributed by atoms with E-state index in [1.807, 2.05) is 72.8 Å². The number of rotatable bonds is 7. The molecule has 3 heteroatoms. The van der Waals surface area contributed by atoms with E-state index in [4.69, 9.17) is 20.9 Å². The zero-order valence-electron chi connectivity index (χ0n) is 51.7. The third-order valence-corrected chi connectivity index (χ3v) is 10.7. The lowest BCUT2D eigenvalue weighted by Gasteiger charge is -2.27. The van der Waals surface area contributed by atoms with Crippen LogP contribution in [0.4, 0.5) is 17.1 Å². The molecule has 0 saturated carbocycles. The molecular formula is C58H38N2O. The summed E-state index contributed by atoms with van der Waals surface area (Å²) in [5, 5.41) is 1.63. The van der Waals surface area contributed by atoms with Gasteiger partial charge in [-0.25, -0.2) is 0 Å². The van der Waals surface area contributed by atoms with Crippen LogP contribution in [-0.2, 0) is 0 Å². The lowest BCUT2D eigenvalue weighted by molar-refractivity contribution is 0.670. The molecule has 0 spiro atoms. The summed E-state index contributed by atoms with van der Waals surface area (Å²) in [6.07, 6.45) is 0. The quantitative estimate of drug-likeness (QED) is 0.160. The van der Waals surface area contributed by atoms with Crippen LogP contribution in [0.5, 0.6) is 0 Å². The molecule has 10 aromatic carbocycles. The monoisotopic (exact) mass is 798 g/mol. The van der Waals surface area contributed by atoms with E-state index in [2.05, 4.69) is 4.57 Å². The van der Waals surface area contributed by atoms with Gasteiger partial charge in [0.15, 0.2) is 0 Å². The Labute approximate surface area is 381 Å². The van der Waals surface area contributed by atoms with Crippen LogP contribution in [0.25, 0.3) is 93.6 Å². The van der Waals surface area contributed by atoms with E-state index in [0.717, 1.165) is 32.4 Å². The second kappa shape index (κ2) is 14.3. The average molecular weight is 799 g/mol. The summed E-state index contributed by atoms with van der Waals surface area (Å²) in [7, 11) is 0. The van der Waals surface area contributed by atoms with E-state index in [1.54, 1.807) is 36.4 Å². The largest absolute Gasteiger partial charge is 0.455 e. The molecule has 286 valence electrons. The van der Waals surface area contributed by atoms with Crippen LogP contribution in [-0.4, -0.2) is 4.57 Å². The van der Waals surface area contributed by atoms with Crippen LogP contribution in [0.1, 0.15) is 27.4 Å². The van der Waals surface area contributed by atoms with Crippen molar-refractivity contribution in [1.29, 1.82) is 0 Å². The molecule has 0 atom stereocenters. The number of aromatic nitrogens is 1. The van der Waals surface area contributed by atoms with Crippen LogP contribution in [0, 0.1) is 0 Å². The number of nitrogens with zero attached hydrogens (tertiary/aromatic N) is 2. The second-order valence-corrected chi connectivity index (χ2v) is 14.1. The number of benzene rings is 10. The van der Waals surface area contributed by atoms with Gasteiger partial charge in [0.05, 0.1) is 55.2 Å². The van der Waals surface area contributed by atoms with Crippen molar-refractivity contribution in [2.24, 2.45) is 0 Å². The maximum Gasteiger partial charge on any atom is 0.145 e. The Balaban J connectivity index is 1.21. The first-order valence-corrected chi connectivity index (χ1v) is 19.2. The summed E-state index contributed by atoms with van der Waals surface area (Å²) in [6, 6.07) is 16.8. The molecule has 0 aliphatic heterocycles. The van der Waals surface area contributed by atoms with E-state index in [1.165, 1.54) is 0 Å². The highest BCUT2D eigenvalue weighted by Gasteiger charge is 2.24. The molecule has 2 heterocycles. The van der Waals surface area contributed by atoms with Gasteiger partial charge in [-0.1, -0.05) is 169 Å². The smallest absolute Gasteiger partial charge is 0.145 e. The number of hydrogen-bond acceptors (Lipinski definition) is 2. The average Bonchev–Trinajstić information content (AvgIpc) is 4.16. The number of para-hydroxylation sites is 4. The highest BCUT2D eigenvalue weighted by Crippen LogP contribution is 2.48. The van der Waals surface area contributed by atoms with Gasteiger partial charge >= 0.3 is 0 Å². The zero-order valence-corrected chi connectivity index (χ0v) is 31.7. The van der Waals surface area contributed by atoms with Crippen molar-refractivity contribution in [3.05, 3.63) is 230 Å². The molecule has 2 aromatic heterocycles. The fourth-order valence-corrected chi connectivity index (χ4v) is 8.10. The third kappa shape index (κ3) is 5.74. The highest BCUT2D eigenvalue weighted by atomic mass is 16.3. The standard InChI is InChI=1S/C58H38N2O/c1-2-15-39(16-3-1)40-29-33-43(34-30-40)59(44-35-31-42(32-36-44)46-24-14-18-41-17-4-5-19-45(41)46)55-38-37-50(58-57(55)51-23-9-13-28-56(51)61-58)49-22-8-12-27-54(49)60-52-25-10-6-20-47(52)48-21-7-11-26-53(48)60/h1-38H/i1D,2D,3D,4D,5D,14D,15D,16D,17D,18D,19D,24D,29D,30D,31D,32D,33D,34D,35D,36D. The van der Waals surface area contributed by atoms with Gasteiger partial charge in [-0.05, 0) is 93.6 Å².